The van der Waals surface area contributed by atoms with Gasteiger partial charge >= 0.3 is 0 Å². The number of halogens is 3. The van der Waals surface area contributed by atoms with Crippen molar-refractivity contribution in [3.8, 4) is 0 Å². The Bertz CT molecular complexity index is 993. The van der Waals surface area contributed by atoms with E-state index in [1.165, 1.54) is 12.1 Å². The predicted molar refractivity (Wildman–Crippen MR) is 118 cm³/mol. The maximum absolute atomic E-state index is 13.9. The molecule has 3 rings (SSSR count). The van der Waals surface area contributed by atoms with Gasteiger partial charge in [-0.1, -0.05) is 35.9 Å². The Kier molecular flexibility index (Phi) is 7.07. The number of nitrogens with zero attached hydrogens (tertiary/aromatic N) is 2. The summed E-state index contributed by atoms with van der Waals surface area (Å²) in [5.41, 5.74) is 13.5. The summed E-state index contributed by atoms with van der Waals surface area (Å²) in [6.07, 6.45) is 6.29. The van der Waals surface area contributed by atoms with Crippen LogP contribution in [-0.4, -0.2) is 22.9 Å². The first kappa shape index (κ1) is 22.2. The van der Waals surface area contributed by atoms with Gasteiger partial charge in [0, 0.05) is 47.9 Å². The van der Waals surface area contributed by atoms with Gasteiger partial charge in [0.2, 0.25) is 0 Å². The van der Waals surface area contributed by atoms with Crippen LogP contribution in [0.5, 0.6) is 0 Å². The molecule has 1 aromatic carbocycles. The SMILES string of the molecule is C=C/C(=C\C(OC(C)c1c(Cl)ccc(F)c1Cl)=C(N)N)c1cnn(CC2CNC2)c1. The van der Waals surface area contributed by atoms with Gasteiger partial charge in [0.15, 0.2) is 5.76 Å². The van der Waals surface area contributed by atoms with Gasteiger partial charge in [0.1, 0.15) is 17.7 Å². The molecule has 1 aliphatic heterocycles. The van der Waals surface area contributed by atoms with Crippen molar-refractivity contribution in [1.82, 2.24) is 15.1 Å². The molecule has 0 amide bonds. The summed E-state index contributed by atoms with van der Waals surface area (Å²) in [4.78, 5) is 0. The van der Waals surface area contributed by atoms with Crippen molar-refractivity contribution in [2.45, 2.75) is 19.6 Å². The van der Waals surface area contributed by atoms with Gasteiger partial charge in [-0.25, -0.2) is 4.39 Å². The van der Waals surface area contributed by atoms with Crippen molar-refractivity contribution >= 4 is 28.8 Å². The summed E-state index contributed by atoms with van der Waals surface area (Å²) < 4.78 is 21.7. The second kappa shape index (κ2) is 9.55. The molecule has 2 aromatic rings. The largest absolute Gasteiger partial charge is 0.482 e. The minimum Gasteiger partial charge on any atom is -0.482 e. The maximum Gasteiger partial charge on any atom is 0.160 e. The molecule has 1 saturated heterocycles. The van der Waals surface area contributed by atoms with E-state index in [9.17, 15) is 4.39 Å². The summed E-state index contributed by atoms with van der Waals surface area (Å²) in [6, 6.07) is 2.62. The van der Waals surface area contributed by atoms with Crippen molar-refractivity contribution in [3.63, 3.8) is 0 Å². The summed E-state index contributed by atoms with van der Waals surface area (Å²) >= 11 is 12.3. The first-order valence-electron chi connectivity index (χ1n) is 9.43. The zero-order valence-corrected chi connectivity index (χ0v) is 18.1. The average Bonchev–Trinajstić information content (AvgIpc) is 3.13. The zero-order chi connectivity index (χ0) is 21.8. The Labute approximate surface area is 185 Å². The third kappa shape index (κ3) is 4.98. The third-order valence-corrected chi connectivity index (χ3v) is 5.57. The monoisotopic (exact) mass is 451 g/mol. The van der Waals surface area contributed by atoms with E-state index in [1.807, 2.05) is 10.9 Å². The highest BCUT2D eigenvalue weighted by Gasteiger charge is 2.20. The van der Waals surface area contributed by atoms with Crippen LogP contribution in [0.15, 0.2) is 54.8 Å². The molecular weight excluding hydrogens is 428 g/mol. The molecule has 1 aromatic heterocycles. The van der Waals surface area contributed by atoms with Gasteiger partial charge in [0.05, 0.1) is 11.2 Å². The highest BCUT2D eigenvalue weighted by Crippen LogP contribution is 2.35. The molecule has 1 fully saturated rings. The molecule has 0 saturated carbocycles. The van der Waals surface area contributed by atoms with Crippen LogP contribution >= 0.6 is 23.2 Å². The number of allylic oxidation sites excluding steroid dienone is 3. The van der Waals surface area contributed by atoms with Crippen molar-refractivity contribution in [2.75, 3.05) is 13.1 Å². The van der Waals surface area contributed by atoms with E-state index in [4.69, 9.17) is 39.4 Å². The summed E-state index contributed by atoms with van der Waals surface area (Å²) in [7, 11) is 0. The van der Waals surface area contributed by atoms with E-state index < -0.39 is 11.9 Å². The van der Waals surface area contributed by atoms with Crippen LogP contribution in [0.1, 0.15) is 24.2 Å². The van der Waals surface area contributed by atoms with Crippen LogP contribution in [0.3, 0.4) is 0 Å². The Hall–Kier alpha value is -2.48. The topological polar surface area (TPSA) is 91.1 Å². The second-order valence-corrected chi connectivity index (χ2v) is 7.90. The zero-order valence-electron chi connectivity index (χ0n) is 16.5. The first-order valence-corrected chi connectivity index (χ1v) is 10.2. The Morgan fingerprint density at radius 3 is 2.77 bits per heavy atom. The number of nitrogens with one attached hydrogen (secondary N) is 1. The van der Waals surface area contributed by atoms with Crippen molar-refractivity contribution in [2.24, 2.45) is 17.4 Å². The molecule has 2 heterocycles. The van der Waals surface area contributed by atoms with Gasteiger partial charge in [-0.3, -0.25) is 4.68 Å². The molecule has 5 N–H and O–H groups in total. The van der Waals surface area contributed by atoms with Crippen LogP contribution < -0.4 is 16.8 Å². The van der Waals surface area contributed by atoms with Crippen molar-refractivity contribution in [1.29, 1.82) is 0 Å². The van der Waals surface area contributed by atoms with Crippen LogP contribution in [0.25, 0.3) is 5.57 Å². The predicted octanol–water partition coefficient (Wildman–Crippen LogP) is 3.98. The minimum atomic E-state index is -0.700. The molecule has 6 nitrogen and oxygen atoms in total. The fourth-order valence-corrected chi connectivity index (χ4v) is 3.78. The number of hydrogen-bond donors (Lipinski definition) is 3. The average molecular weight is 452 g/mol. The van der Waals surface area contributed by atoms with Crippen LogP contribution in [0.2, 0.25) is 10.0 Å². The molecule has 0 spiro atoms. The summed E-state index contributed by atoms with van der Waals surface area (Å²) in [5.74, 6) is 0.144. The smallest absolute Gasteiger partial charge is 0.160 e. The standard InChI is InChI=1S/C21H24Cl2FN5O/c1-3-14(15-9-28-29(11-15)10-13-7-27-8-13)6-18(21(25)26)30-12(2)19-16(22)4-5-17(24)20(19)23/h3-6,9,11-13,27H,1,7-8,10,25-26H2,2H3/b14-6+. The minimum absolute atomic E-state index is 0.0437. The molecule has 160 valence electrons. The van der Waals surface area contributed by atoms with E-state index >= 15 is 0 Å². The van der Waals surface area contributed by atoms with E-state index in [0.717, 1.165) is 30.8 Å². The number of rotatable bonds is 8. The fraction of sp³-hybridized carbons (Fsp3) is 0.286. The maximum atomic E-state index is 13.9. The molecule has 9 heteroatoms. The number of nitrogens with two attached hydrogens (primary N) is 2. The quantitative estimate of drug-likeness (QED) is 0.320. The van der Waals surface area contributed by atoms with Crippen LogP contribution in [0.4, 0.5) is 4.39 Å². The first-order chi connectivity index (χ1) is 14.3. The van der Waals surface area contributed by atoms with Crippen LogP contribution in [0, 0.1) is 11.7 Å². The molecule has 1 atom stereocenters. The Morgan fingerprint density at radius 2 is 2.17 bits per heavy atom. The highest BCUT2D eigenvalue weighted by molar-refractivity contribution is 6.36. The van der Waals surface area contributed by atoms with E-state index in [1.54, 1.807) is 25.3 Å². The molecule has 0 aliphatic carbocycles. The van der Waals surface area contributed by atoms with Crippen molar-refractivity contribution in [3.05, 3.63) is 81.8 Å². The molecule has 0 bridgehead atoms. The van der Waals surface area contributed by atoms with Crippen molar-refractivity contribution < 1.29 is 9.13 Å². The number of benzene rings is 1. The second-order valence-electron chi connectivity index (χ2n) is 7.12. The number of ether oxygens (including phenoxy) is 1. The van der Waals surface area contributed by atoms with Gasteiger partial charge in [0.25, 0.3) is 0 Å². The third-order valence-electron chi connectivity index (χ3n) is 4.86. The van der Waals surface area contributed by atoms with Gasteiger partial charge < -0.3 is 21.5 Å². The molecule has 0 radical (unpaired) electrons. The molecular formula is C21H24Cl2FN5O. The number of hydrogen-bond acceptors (Lipinski definition) is 5. The fourth-order valence-electron chi connectivity index (χ4n) is 3.11. The normalized spacial score (nSPS) is 15.4. The lowest BCUT2D eigenvalue weighted by molar-refractivity contribution is 0.140. The Morgan fingerprint density at radius 1 is 1.43 bits per heavy atom. The van der Waals surface area contributed by atoms with Crippen LogP contribution in [-0.2, 0) is 11.3 Å². The number of aromatic nitrogens is 2. The summed E-state index contributed by atoms with van der Waals surface area (Å²) in [5, 5.41) is 7.82. The van der Waals surface area contributed by atoms with Gasteiger partial charge in [-0.2, -0.15) is 5.10 Å². The summed E-state index contributed by atoms with van der Waals surface area (Å²) in [6.45, 7) is 8.36. The lowest BCUT2D eigenvalue weighted by Gasteiger charge is -2.26. The molecule has 1 aliphatic rings. The van der Waals surface area contributed by atoms with Gasteiger partial charge in [-0.15, -0.1) is 0 Å². The van der Waals surface area contributed by atoms with E-state index in [2.05, 4.69) is 17.0 Å². The van der Waals surface area contributed by atoms with Gasteiger partial charge in [-0.05, 0) is 30.7 Å². The lowest BCUT2D eigenvalue weighted by atomic mass is 10.0. The van der Waals surface area contributed by atoms with E-state index in [0.29, 0.717) is 11.5 Å². The molecule has 1 unspecified atom stereocenters. The highest BCUT2D eigenvalue weighted by atomic mass is 35.5. The molecule has 30 heavy (non-hydrogen) atoms. The lowest BCUT2D eigenvalue weighted by Crippen LogP contribution is -2.44. The van der Waals surface area contributed by atoms with E-state index in [-0.39, 0.29) is 21.6 Å². The Balaban J connectivity index is 1.83.